The van der Waals surface area contributed by atoms with Crippen molar-refractivity contribution in [2.24, 2.45) is 5.92 Å². The molecule has 1 aromatic heterocycles. The van der Waals surface area contributed by atoms with E-state index in [9.17, 15) is 0 Å². The van der Waals surface area contributed by atoms with Gasteiger partial charge in [0.05, 0.1) is 0 Å². The second-order valence-corrected chi connectivity index (χ2v) is 4.24. The van der Waals surface area contributed by atoms with Crippen LogP contribution in [-0.2, 0) is 0 Å². The van der Waals surface area contributed by atoms with Gasteiger partial charge in [-0.15, -0.1) is 0 Å². The van der Waals surface area contributed by atoms with Gasteiger partial charge in [0.2, 0.25) is 0 Å². The number of anilines is 2. The van der Waals surface area contributed by atoms with E-state index in [0.29, 0.717) is 0 Å². The largest absolute Gasteiger partial charge is 0.370 e. The summed E-state index contributed by atoms with van der Waals surface area (Å²) in [5.41, 5.74) is 0. The van der Waals surface area contributed by atoms with Crippen LogP contribution in [0.25, 0.3) is 0 Å². The number of rotatable bonds is 5. The lowest BCUT2D eigenvalue weighted by Gasteiger charge is -2.18. The highest BCUT2D eigenvalue weighted by molar-refractivity contribution is 5.46. The predicted octanol–water partition coefficient (Wildman–Crippen LogP) is 2.36. The number of hydrogen-bond donors (Lipinski definition) is 1. The van der Waals surface area contributed by atoms with Crippen molar-refractivity contribution in [1.82, 2.24) is 4.98 Å². The first-order valence-electron chi connectivity index (χ1n) is 5.71. The third kappa shape index (κ3) is 2.85. The van der Waals surface area contributed by atoms with Crippen LogP contribution >= 0.6 is 0 Å². The Hall–Kier alpha value is -1.25. The van der Waals surface area contributed by atoms with Crippen LogP contribution in [0.15, 0.2) is 18.2 Å². The standard InChI is InChI=1S/C12H19N3/c1-3-13-11-5-4-6-12(14-11)15(2)9-10-7-8-10/h4-6,10H,3,7-9H2,1-2H3,(H,13,14). The molecule has 0 unspecified atom stereocenters. The summed E-state index contributed by atoms with van der Waals surface area (Å²) in [5, 5.41) is 3.23. The zero-order chi connectivity index (χ0) is 10.7. The molecule has 1 N–H and O–H groups in total. The first kappa shape index (κ1) is 10.3. The van der Waals surface area contributed by atoms with Gasteiger partial charge in [-0.05, 0) is 37.8 Å². The molecule has 0 aliphatic heterocycles. The van der Waals surface area contributed by atoms with Crippen LogP contribution in [0.5, 0.6) is 0 Å². The Morgan fingerprint density at radius 3 is 2.93 bits per heavy atom. The van der Waals surface area contributed by atoms with Gasteiger partial charge in [-0.25, -0.2) is 4.98 Å². The van der Waals surface area contributed by atoms with E-state index in [2.05, 4.69) is 41.3 Å². The van der Waals surface area contributed by atoms with Crippen LogP contribution in [0.4, 0.5) is 11.6 Å². The molecule has 0 amide bonds. The van der Waals surface area contributed by atoms with Crippen LogP contribution in [0.3, 0.4) is 0 Å². The third-order valence-corrected chi connectivity index (χ3v) is 2.71. The fourth-order valence-corrected chi connectivity index (χ4v) is 1.70. The highest BCUT2D eigenvalue weighted by Gasteiger charge is 2.23. The van der Waals surface area contributed by atoms with Gasteiger partial charge in [0, 0.05) is 20.1 Å². The number of nitrogens with one attached hydrogen (secondary N) is 1. The quantitative estimate of drug-likeness (QED) is 0.800. The molecule has 0 spiro atoms. The summed E-state index contributed by atoms with van der Waals surface area (Å²) < 4.78 is 0. The highest BCUT2D eigenvalue weighted by atomic mass is 15.2. The summed E-state index contributed by atoms with van der Waals surface area (Å²) in [5.74, 6) is 2.94. The van der Waals surface area contributed by atoms with E-state index in [4.69, 9.17) is 0 Å². The Kier molecular flexibility index (Phi) is 3.09. The number of hydrogen-bond acceptors (Lipinski definition) is 3. The second kappa shape index (κ2) is 4.51. The molecule has 0 aromatic carbocycles. The molecule has 1 saturated carbocycles. The molecule has 1 fully saturated rings. The maximum Gasteiger partial charge on any atom is 0.130 e. The molecular weight excluding hydrogens is 186 g/mol. The Morgan fingerprint density at radius 1 is 1.47 bits per heavy atom. The van der Waals surface area contributed by atoms with E-state index in [0.717, 1.165) is 30.6 Å². The minimum absolute atomic E-state index is 0.902. The zero-order valence-corrected chi connectivity index (χ0v) is 9.53. The molecule has 0 atom stereocenters. The van der Waals surface area contributed by atoms with Crippen molar-refractivity contribution in [2.45, 2.75) is 19.8 Å². The topological polar surface area (TPSA) is 28.2 Å². The molecule has 2 rings (SSSR count). The van der Waals surface area contributed by atoms with Crippen molar-refractivity contribution in [3.63, 3.8) is 0 Å². The van der Waals surface area contributed by atoms with Crippen molar-refractivity contribution in [3.05, 3.63) is 18.2 Å². The molecule has 1 aliphatic carbocycles. The van der Waals surface area contributed by atoms with Crippen LogP contribution in [0.1, 0.15) is 19.8 Å². The predicted molar refractivity (Wildman–Crippen MR) is 64.4 cm³/mol. The first-order chi connectivity index (χ1) is 7.29. The molecule has 0 bridgehead atoms. The summed E-state index contributed by atoms with van der Waals surface area (Å²) in [7, 11) is 2.12. The monoisotopic (exact) mass is 205 g/mol. The van der Waals surface area contributed by atoms with Gasteiger partial charge in [0.25, 0.3) is 0 Å². The van der Waals surface area contributed by atoms with Crippen molar-refractivity contribution in [3.8, 4) is 0 Å². The minimum Gasteiger partial charge on any atom is -0.370 e. The first-order valence-corrected chi connectivity index (χ1v) is 5.71. The van der Waals surface area contributed by atoms with Gasteiger partial charge in [-0.1, -0.05) is 6.07 Å². The van der Waals surface area contributed by atoms with Crippen molar-refractivity contribution >= 4 is 11.6 Å². The molecule has 1 heterocycles. The Labute approximate surface area is 91.5 Å². The minimum atomic E-state index is 0.902. The Balaban J connectivity index is 2.01. The molecule has 1 aromatic rings. The maximum absolute atomic E-state index is 4.56. The van der Waals surface area contributed by atoms with Crippen LogP contribution < -0.4 is 10.2 Å². The normalized spacial score (nSPS) is 15.1. The lowest BCUT2D eigenvalue weighted by atomic mass is 10.3. The van der Waals surface area contributed by atoms with E-state index in [-0.39, 0.29) is 0 Å². The third-order valence-electron chi connectivity index (χ3n) is 2.71. The van der Waals surface area contributed by atoms with E-state index in [1.54, 1.807) is 0 Å². The van der Waals surface area contributed by atoms with E-state index in [1.165, 1.54) is 12.8 Å². The van der Waals surface area contributed by atoms with E-state index < -0.39 is 0 Å². The summed E-state index contributed by atoms with van der Waals surface area (Å²) in [6, 6.07) is 6.14. The SMILES string of the molecule is CCNc1cccc(N(C)CC2CC2)n1. The van der Waals surface area contributed by atoms with Crippen molar-refractivity contribution < 1.29 is 0 Å². The van der Waals surface area contributed by atoms with Gasteiger partial charge >= 0.3 is 0 Å². The van der Waals surface area contributed by atoms with Gasteiger partial charge in [-0.3, -0.25) is 0 Å². The van der Waals surface area contributed by atoms with Gasteiger partial charge in [-0.2, -0.15) is 0 Å². The fraction of sp³-hybridized carbons (Fsp3) is 0.583. The van der Waals surface area contributed by atoms with Crippen molar-refractivity contribution in [1.29, 1.82) is 0 Å². The average Bonchev–Trinajstić information content (AvgIpc) is 3.03. The Bertz CT molecular complexity index is 320. The number of aromatic nitrogens is 1. The lowest BCUT2D eigenvalue weighted by molar-refractivity contribution is 0.777. The lowest BCUT2D eigenvalue weighted by Crippen LogP contribution is -2.21. The summed E-state index contributed by atoms with van der Waals surface area (Å²) in [4.78, 5) is 6.81. The fourth-order valence-electron chi connectivity index (χ4n) is 1.70. The second-order valence-electron chi connectivity index (χ2n) is 4.24. The van der Waals surface area contributed by atoms with E-state index in [1.807, 2.05) is 6.07 Å². The number of pyridine rings is 1. The van der Waals surface area contributed by atoms with E-state index >= 15 is 0 Å². The highest BCUT2D eigenvalue weighted by Crippen LogP contribution is 2.30. The summed E-state index contributed by atoms with van der Waals surface area (Å²) in [6.07, 6.45) is 2.77. The zero-order valence-electron chi connectivity index (χ0n) is 9.53. The average molecular weight is 205 g/mol. The summed E-state index contributed by atoms with van der Waals surface area (Å²) in [6.45, 7) is 4.15. The molecule has 3 heteroatoms. The molecule has 0 saturated heterocycles. The molecular formula is C12H19N3. The van der Waals surface area contributed by atoms with Gasteiger partial charge in [0.1, 0.15) is 11.6 Å². The smallest absolute Gasteiger partial charge is 0.130 e. The Morgan fingerprint density at radius 2 is 2.27 bits per heavy atom. The number of nitrogens with zero attached hydrogens (tertiary/aromatic N) is 2. The van der Waals surface area contributed by atoms with Crippen LogP contribution in [-0.4, -0.2) is 25.1 Å². The van der Waals surface area contributed by atoms with Crippen LogP contribution in [0, 0.1) is 5.92 Å². The van der Waals surface area contributed by atoms with Crippen LogP contribution in [0.2, 0.25) is 0 Å². The maximum atomic E-state index is 4.56. The molecule has 0 radical (unpaired) electrons. The van der Waals surface area contributed by atoms with Gasteiger partial charge < -0.3 is 10.2 Å². The molecule has 15 heavy (non-hydrogen) atoms. The molecule has 82 valence electrons. The van der Waals surface area contributed by atoms with Crippen molar-refractivity contribution in [2.75, 3.05) is 30.4 Å². The summed E-state index contributed by atoms with van der Waals surface area (Å²) >= 11 is 0. The molecule has 3 nitrogen and oxygen atoms in total. The molecule has 1 aliphatic rings. The van der Waals surface area contributed by atoms with Gasteiger partial charge in [0.15, 0.2) is 0 Å².